The second-order valence-electron chi connectivity index (χ2n) is 5.97. The minimum absolute atomic E-state index is 0.526. The van der Waals surface area contributed by atoms with E-state index in [0.717, 1.165) is 25.5 Å². The Hall–Kier alpha value is -1.81. The van der Waals surface area contributed by atoms with Crippen LogP contribution >= 0.6 is 0 Å². The molecule has 3 rings (SSSR count). The molecule has 0 N–H and O–H groups in total. The van der Waals surface area contributed by atoms with Crippen LogP contribution in [0, 0.1) is 13.8 Å². The van der Waals surface area contributed by atoms with E-state index in [9.17, 15) is 0 Å². The van der Waals surface area contributed by atoms with Crippen molar-refractivity contribution < 1.29 is 0 Å². The molecule has 3 heterocycles. The molecule has 0 aliphatic carbocycles. The van der Waals surface area contributed by atoms with E-state index in [0.29, 0.717) is 5.92 Å². The van der Waals surface area contributed by atoms with E-state index < -0.39 is 0 Å². The van der Waals surface area contributed by atoms with Gasteiger partial charge in [-0.05, 0) is 50.4 Å². The monoisotopic (exact) mass is 282 g/mol. The quantitative estimate of drug-likeness (QED) is 0.868. The molecule has 0 spiro atoms. The van der Waals surface area contributed by atoms with Crippen LogP contribution in [0.1, 0.15) is 41.4 Å². The van der Waals surface area contributed by atoms with E-state index in [4.69, 9.17) is 0 Å². The predicted octanol–water partition coefficient (Wildman–Crippen LogP) is 2.87. The van der Waals surface area contributed by atoms with Gasteiger partial charge in [0.15, 0.2) is 0 Å². The van der Waals surface area contributed by atoms with Gasteiger partial charge in [-0.1, -0.05) is 6.07 Å². The van der Waals surface area contributed by atoms with Crippen molar-refractivity contribution in [3.8, 4) is 0 Å². The molecule has 0 saturated carbocycles. The summed E-state index contributed by atoms with van der Waals surface area (Å²) in [6.07, 6.45) is 8.21. The van der Waals surface area contributed by atoms with Gasteiger partial charge in [-0.15, -0.1) is 0 Å². The molecule has 1 saturated heterocycles. The third kappa shape index (κ3) is 3.64. The van der Waals surface area contributed by atoms with Gasteiger partial charge >= 0.3 is 0 Å². The fraction of sp³-hybridized carbons (Fsp3) is 0.471. The Bertz CT molecular complexity index is 611. The van der Waals surface area contributed by atoms with Crippen LogP contribution in [0.25, 0.3) is 0 Å². The first kappa shape index (κ1) is 14.1. The van der Waals surface area contributed by atoms with Gasteiger partial charge < -0.3 is 0 Å². The maximum absolute atomic E-state index is 4.60. The standard InChI is InChI=1S/C17H22N4/c1-13-8-15(10-18-9-13)11-21-7-3-4-16(12-21)17-5-6-19-14(2)20-17/h5-6,8-10,16H,3-4,7,11-12H2,1-2H3. The maximum atomic E-state index is 4.60. The summed E-state index contributed by atoms with van der Waals surface area (Å²) in [5, 5.41) is 0. The number of pyridine rings is 1. The molecule has 4 heteroatoms. The van der Waals surface area contributed by atoms with Gasteiger partial charge in [-0.25, -0.2) is 9.97 Å². The summed E-state index contributed by atoms with van der Waals surface area (Å²) in [7, 11) is 0. The highest BCUT2D eigenvalue weighted by Crippen LogP contribution is 2.26. The SMILES string of the molecule is Cc1cncc(CN2CCCC(c3ccnc(C)n3)C2)c1. The summed E-state index contributed by atoms with van der Waals surface area (Å²) in [5.41, 5.74) is 3.72. The van der Waals surface area contributed by atoms with E-state index in [2.05, 4.69) is 38.9 Å². The number of aryl methyl sites for hydroxylation is 2. The van der Waals surface area contributed by atoms with Crippen molar-refractivity contribution in [1.29, 1.82) is 0 Å². The average molecular weight is 282 g/mol. The van der Waals surface area contributed by atoms with Crippen LogP contribution in [0.2, 0.25) is 0 Å². The molecule has 1 fully saturated rings. The van der Waals surface area contributed by atoms with Crippen LogP contribution < -0.4 is 0 Å². The Morgan fingerprint density at radius 1 is 1.29 bits per heavy atom. The fourth-order valence-corrected chi connectivity index (χ4v) is 3.10. The first-order valence-electron chi connectivity index (χ1n) is 7.63. The number of nitrogens with zero attached hydrogens (tertiary/aromatic N) is 4. The molecule has 0 radical (unpaired) electrons. The number of hydrogen-bond donors (Lipinski definition) is 0. The molecule has 1 unspecified atom stereocenters. The van der Waals surface area contributed by atoms with Gasteiger partial charge in [0, 0.05) is 43.3 Å². The predicted molar refractivity (Wildman–Crippen MR) is 83.0 cm³/mol. The molecular weight excluding hydrogens is 260 g/mol. The lowest BCUT2D eigenvalue weighted by atomic mass is 9.94. The van der Waals surface area contributed by atoms with Crippen molar-refractivity contribution >= 4 is 0 Å². The van der Waals surface area contributed by atoms with E-state index in [1.54, 1.807) is 0 Å². The van der Waals surface area contributed by atoms with Crippen LogP contribution in [0.3, 0.4) is 0 Å². The van der Waals surface area contributed by atoms with Crippen LogP contribution in [0.4, 0.5) is 0 Å². The number of likely N-dealkylation sites (tertiary alicyclic amines) is 1. The molecule has 0 bridgehead atoms. The summed E-state index contributed by atoms with van der Waals surface area (Å²) >= 11 is 0. The maximum Gasteiger partial charge on any atom is 0.125 e. The molecule has 1 aliphatic heterocycles. The highest BCUT2D eigenvalue weighted by atomic mass is 15.1. The van der Waals surface area contributed by atoms with Crippen molar-refractivity contribution in [1.82, 2.24) is 19.9 Å². The fourth-order valence-electron chi connectivity index (χ4n) is 3.10. The largest absolute Gasteiger partial charge is 0.298 e. The minimum atomic E-state index is 0.526. The van der Waals surface area contributed by atoms with Crippen molar-refractivity contribution in [3.63, 3.8) is 0 Å². The normalized spacial score (nSPS) is 19.6. The molecule has 2 aromatic heterocycles. The number of aromatic nitrogens is 3. The molecule has 4 nitrogen and oxygen atoms in total. The highest BCUT2D eigenvalue weighted by molar-refractivity contribution is 5.17. The van der Waals surface area contributed by atoms with E-state index in [1.807, 2.05) is 25.5 Å². The Morgan fingerprint density at radius 2 is 2.19 bits per heavy atom. The smallest absolute Gasteiger partial charge is 0.125 e. The van der Waals surface area contributed by atoms with Gasteiger partial charge in [0.05, 0.1) is 0 Å². The Labute approximate surface area is 126 Å². The topological polar surface area (TPSA) is 41.9 Å². The van der Waals surface area contributed by atoms with E-state index >= 15 is 0 Å². The zero-order valence-electron chi connectivity index (χ0n) is 12.8. The molecule has 0 aromatic carbocycles. The van der Waals surface area contributed by atoms with Crippen LogP contribution in [-0.4, -0.2) is 32.9 Å². The summed E-state index contributed by atoms with van der Waals surface area (Å²) in [6, 6.07) is 4.29. The summed E-state index contributed by atoms with van der Waals surface area (Å²) in [4.78, 5) is 15.6. The molecule has 21 heavy (non-hydrogen) atoms. The van der Waals surface area contributed by atoms with Gasteiger partial charge in [0.25, 0.3) is 0 Å². The second kappa shape index (κ2) is 6.31. The molecule has 2 aromatic rings. The summed E-state index contributed by atoms with van der Waals surface area (Å²) < 4.78 is 0. The average Bonchev–Trinajstić information content (AvgIpc) is 2.47. The van der Waals surface area contributed by atoms with Gasteiger partial charge in [0.2, 0.25) is 0 Å². The Morgan fingerprint density at radius 3 is 3.00 bits per heavy atom. The van der Waals surface area contributed by atoms with Gasteiger partial charge in [-0.2, -0.15) is 0 Å². The summed E-state index contributed by atoms with van der Waals surface area (Å²) in [6.45, 7) is 7.27. The lowest BCUT2D eigenvalue weighted by Crippen LogP contribution is -2.34. The minimum Gasteiger partial charge on any atom is -0.298 e. The van der Waals surface area contributed by atoms with Crippen LogP contribution in [0.5, 0.6) is 0 Å². The molecule has 1 aliphatic rings. The first-order valence-corrected chi connectivity index (χ1v) is 7.63. The van der Waals surface area contributed by atoms with E-state index in [-0.39, 0.29) is 0 Å². The lowest BCUT2D eigenvalue weighted by molar-refractivity contribution is 0.198. The van der Waals surface area contributed by atoms with Crippen LogP contribution in [-0.2, 0) is 6.54 Å². The number of piperidine rings is 1. The number of rotatable bonds is 3. The molecule has 1 atom stereocenters. The van der Waals surface area contributed by atoms with Crippen molar-refractivity contribution in [2.45, 2.75) is 39.2 Å². The Kier molecular flexibility index (Phi) is 4.25. The first-order chi connectivity index (χ1) is 10.2. The van der Waals surface area contributed by atoms with Crippen molar-refractivity contribution in [3.05, 3.63) is 53.4 Å². The second-order valence-corrected chi connectivity index (χ2v) is 5.97. The zero-order chi connectivity index (χ0) is 14.7. The molecule has 0 amide bonds. The van der Waals surface area contributed by atoms with Crippen molar-refractivity contribution in [2.75, 3.05) is 13.1 Å². The lowest BCUT2D eigenvalue weighted by Gasteiger charge is -2.32. The zero-order valence-corrected chi connectivity index (χ0v) is 12.8. The Balaban J connectivity index is 1.68. The molecular formula is C17H22N4. The summed E-state index contributed by atoms with van der Waals surface area (Å²) in [5.74, 6) is 1.39. The van der Waals surface area contributed by atoms with Crippen molar-refractivity contribution in [2.24, 2.45) is 0 Å². The highest BCUT2D eigenvalue weighted by Gasteiger charge is 2.22. The third-order valence-electron chi connectivity index (χ3n) is 4.06. The molecule has 110 valence electrons. The van der Waals surface area contributed by atoms with E-state index in [1.165, 1.54) is 29.7 Å². The van der Waals surface area contributed by atoms with Crippen LogP contribution in [0.15, 0.2) is 30.7 Å². The number of hydrogen-bond acceptors (Lipinski definition) is 4. The van der Waals surface area contributed by atoms with Gasteiger partial charge in [0.1, 0.15) is 5.82 Å². The van der Waals surface area contributed by atoms with Gasteiger partial charge in [-0.3, -0.25) is 9.88 Å². The third-order valence-corrected chi connectivity index (χ3v) is 4.06.